The van der Waals surface area contributed by atoms with Crippen LogP contribution in [0.3, 0.4) is 0 Å². The van der Waals surface area contributed by atoms with Gasteiger partial charge in [0.2, 0.25) is 0 Å². The smallest absolute Gasteiger partial charge is 0.293 e. The van der Waals surface area contributed by atoms with Crippen molar-refractivity contribution in [2.75, 3.05) is 0 Å². The van der Waals surface area contributed by atoms with Gasteiger partial charge in [0, 0.05) is 0 Å². The van der Waals surface area contributed by atoms with Gasteiger partial charge in [-0.15, -0.1) is 0 Å². The molecule has 0 heterocycles. The molecule has 0 unspecified atom stereocenters. The van der Waals surface area contributed by atoms with E-state index in [1.165, 1.54) is 47.9 Å². The van der Waals surface area contributed by atoms with Crippen molar-refractivity contribution in [1.29, 1.82) is 0 Å². The standard InChI is InChI=1S/C24H40O2/c1-19-16-20(2)22(13-9-11-15-24(6,7)26-18-25)17-21(19)12-8-10-14-23(3,4)5/h16-18H,8-15H2,1-7H3. The zero-order chi connectivity index (χ0) is 19.8. The summed E-state index contributed by atoms with van der Waals surface area (Å²) >= 11 is 0. The molecule has 26 heavy (non-hydrogen) atoms. The van der Waals surface area contributed by atoms with Crippen molar-refractivity contribution in [3.8, 4) is 0 Å². The lowest BCUT2D eigenvalue weighted by Crippen LogP contribution is -2.23. The van der Waals surface area contributed by atoms with Crippen LogP contribution in [0.25, 0.3) is 0 Å². The Morgan fingerprint density at radius 3 is 1.77 bits per heavy atom. The summed E-state index contributed by atoms with van der Waals surface area (Å²) in [4.78, 5) is 10.5. The molecule has 0 spiro atoms. The monoisotopic (exact) mass is 360 g/mol. The van der Waals surface area contributed by atoms with E-state index in [4.69, 9.17) is 4.74 Å². The molecule has 1 aromatic rings. The van der Waals surface area contributed by atoms with Gasteiger partial charge in [0.25, 0.3) is 6.47 Å². The van der Waals surface area contributed by atoms with Crippen molar-refractivity contribution < 1.29 is 9.53 Å². The first-order valence-electron chi connectivity index (χ1n) is 10.2. The van der Waals surface area contributed by atoms with E-state index in [0.29, 0.717) is 11.9 Å². The van der Waals surface area contributed by atoms with Gasteiger partial charge in [-0.3, -0.25) is 4.79 Å². The average molecular weight is 361 g/mol. The predicted molar refractivity (Wildman–Crippen MR) is 112 cm³/mol. The number of ether oxygens (including phenoxy) is 1. The Morgan fingerprint density at radius 1 is 0.808 bits per heavy atom. The minimum atomic E-state index is -0.345. The van der Waals surface area contributed by atoms with E-state index in [1.54, 1.807) is 0 Å². The number of aryl methyl sites for hydroxylation is 4. The Hall–Kier alpha value is -1.31. The van der Waals surface area contributed by atoms with Gasteiger partial charge in [-0.25, -0.2) is 0 Å². The molecule has 1 rings (SSSR count). The number of benzene rings is 1. The lowest BCUT2D eigenvalue weighted by Gasteiger charge is -2.22. The Labute approximate surface area is 161 Å². The first-order chi connectivity index (χ1) is 12.0. The van der Waals surface area contributed by atoms with E-state index < -0.39 is 0 Å². The van der Waals surface area contributed by atoms with Gasteiger partial charge >= 0.3 is 0 Å². The zero-order valence-corrected chi connectivity index (χ0v) is 18.2. The summed E-state index contributed by atoms with van der Waals surface area (Å²) < 4.78 is 5.14. The third-order valence-electron chi connectivity index (χ3n) is 5.26. The average Bonchev–Trinajstić information content (AvgIpc) is 2.50. The Kier molecular flexibility index (Phi) is 8.86. The minimum Gasteiger partial charge on any atom is -0.462 e. The number of unbranched alkanes of at least 4 members (excludes halogenated alkanes) is 2. The van der Waals surface area contributed by atoms with Crippen LogP contribution in [-0.2, 0) is 22.4 Å². The quantitative estimate of drug-likeness (QED) is 0.323. The van der Waals surface area contributed by atoms with Gasteiger partial charge in [-0.05, 0) is 100 Å². The first-order valence-corrected chi connectivity index (χ1v) is 10.2. The fourth-order valence-electron chi connectivity index (χ4n) is 3.51. The van der Waals surface area contributed by atoms with Crippen LogP contribution in [0.4, 0.5) is 0 Å². The molecular weight excluding hydrogens is 320 g/mol. The Balaban J connectivity index is 2.54. The highest BCUT2D eigenvalue weighted by Crippen LogP contribution is 2.25. The van der Waals surface area contributed by atoms with E-state index in [2.05, 4.69) is 46.8 Å². The number of rotatable bonds is 11. The first kappa shape index (κ1) is 22.7. The summed E-state index contributed by atoms with van der Waals surface area (Å²) in [6, 6.07) is 4.79. The summed E-state index contributed by atoms with van der Waals surface area (Å²) in [5, 5.41) is 0. The molecule has 148 valence electrons. The highest BCUT2D eigenvalue weighted by Gasteiger charge is 2.17. The van der Waals surface area contributed by atoms with Crippen LogP contribution in [0.5, 0.6) is 0 Å². The largest absolute Gasteiger partial charge is 0.462 e. The maximum atomic E-state index is 10.5. The molecule has 0 saturated heterocycles. The van der Waals surface area contributed by atoms with Crippen LogP contribution in [0, 0.1) is 19.3 Å². The molecule has 2 heteroatoms. The highest BCUT2D eigenvalue weighted by molar-refractivity contribution is 5.38. The zero-order valence-electron chi connectivity index (χ0n) is 18.2. The molecule has 0 N–H and O–H groups in total. The topological polar surface area (TPSA) is 26.3 Å². The lowest BCUT2D eigenvalue weighted by atomic mass is 9.88. The molecule has 0 atom stereocenters. The maximum absolute atomic E-state index is 10.5. The number of carbonyl (C=O) groups excluding carboxylic acids is 1. The van der Waals surface area contributed by atoms with Crippen molar-refractivity contribution in [1.82, 2.24) is 0 Å². The minimum absolute atomic E-state index is 0.345. The van der Waals surface area contributed by atoms with Gasteiger partial charge in [-0.2, -0.15) is 0 Å². The number of carbonyl (C=O) groups is 1. The van der Waals surface area contributed by atoms with E-state index in [1.807, 2.05) is 13.8 Å². The van der Waals surface area contributed by atoms with E-state index in [-0.39, 0.29) is 5.60 Å². The molecule has 0 saturated carbocycles. The summed E-state index contributed by atoms with van der Waals surface area (Å²) in [5.41, 5.74) is 5.93. The molecule has 0 aliphatic carbocycles. The van der Waals surface area contributed by atoms with Crippen LogP contribution in [-0.4, -0.2) is 12.1 Å². The van der Waals surface area contributed by atoms with E-state index in [0.717, 1.165) is 25.7 Å². The van der Waals surface area contributed by atoms with Crippen LogP contribution in [0.15, 0.2) is 12.1 Å². The maximum Gasteiger partial charge on any atom is 0.293 e. The van der Waals surface area contributed by atoms with Gasteiger partial charge in [0.1, 0.15) is 5.60 Å². The van der Waals surface area contributed by atoms with Gasteiger partial charge in [-0.1, -0.05) is 39.3 Å². The van der Waals surface area contributed by atoms with E-state index in [9.17, 15) is 4.79 Å². The fourth-order valence-corrected chi connectivity index (χ4v) is 3.51. The molecule has 0 bridgehead atoms. The van der Waals surface area contributed by atoms with Gasteiger partial charge in [0.15, 0.2) is 0 Å². The van der Waals surface area contributed by atoms with Crippen molar-refractivity contribution in [2.24, 2.45) is 5.41 Å². The summed E-state index contributed by atoms with van der Waals surface area (Å²) in [6.07, 6.45) is 9.30. The molecule has 0 aromatic heterocycles. The number of hydrogen-bond donors (Lipinski definition) is 0. The predicted octanol–water partition coefficient (Wildman–Crippen LogP) is 6.73. The second-order valence-corrected chi connectivity index (χ2v) is 9.65. The molecule has 0 aliphatic heterocycles. The van der Waals surface area contributed by atoms with Crippen LogP contribution >= 0.6 is 0 Å². The van der Waals surface area contributed by atoms with Crippen molar-refractivity contribution >= 4 is 6.47 Å². The summed E-state index contributed by atoms with van der Waals surface area (Å²) in [7, 11) is 0. The Morgan fingerprint density at radius 2 is 1.31 bits per heavy atom. The van der Waals surface area contributed by atoms with Crippen LogP contribution < -0.4 is 0 Å². The third-order valence-corrected chi connectivity index (χ3v) is 5.26. The SMILES string of the molecule is Cc1cc(C)c(CCCCC(C)(C)OC=O)cc1CCCCC(C)(C)C. The second-order valence-electron chi connectivity index (χ2n) is 9.65. The number of hydrogen-bond acceptors (Lipinski definition) is 2. The molecule has 0 amide bonds. The molecule has 2 nitrogen and oxygen atoms in total. The molecule has 0 radical (unpaired) electrons. The van der Waals surface area contributed by atoms with E-state index >= 15 is 0 Å². The molecule has 1 aromatic carbocycles. The van der Waals surface area contributed by atoms with Crippen molar-refractivity contribution in [2.45, 2.75) is 105 Å². The third kappa shape index (κ3) is 8.87. The normalized spacial score (nSPS) is 12.3. The highest BCUT2D eigenvalue weighted by atomic mass is 16.5. The van der Waals surface area contributed by atoms with Gasteiger partial charge in [0.05, 0.1) is 0 Å². The summed E-state index contributed by atoms with van der Waals surface area (Å²) in [6.45, 7) is 16.0. The molecular formula is C24H40O2. The van der Waals surface area contributed by atoms with Gasteiger partial charge < -0.3 is 4.74 Å². The fraction of sp³-hybridized carbons (Fsp3) is 0.708. The summed E-state index contributed by atoms with van der Waals surface area (Å²) in [5.74, 6) is 0. The van der Waals surface area contributed by atoms with Crippen molar-refractivity contribution in [3.05, 3.63) is 34.4 Å². The second kappa shape index (κ2) is 10.1. The van der Waals surface area contributed by atoms with Crippen molar-refractivity contribution in [3.63, 3.8) is 0 Å². The van der Waals surface area contributed by atoms with Crippen LogP contribution in [0.2, 0.25) is 0 Å². The Bertz CT molecular complexity index is 564. The molecule has 0 fully saturated rings. The van der Waals surface area contributed by atoms with Crippen LogP contribution in [0.1, 0.15) is 95.4 Å². The molecule has 0 aliphatic rings. The lowest BCUT2D eigenvalue weighted by molar-refractivity contribution is -0.140.